The molecule has 0 amide bonds. The van der Waals surface area contributed by atoms with E-state index in [-0.39, 0.29) is 11.6 Å². The van der Waals surface area contributed by atoms with Crippen LogP contribution in [0.1, 0.15) is 0 Å². The number of halogens is 1. The Morgan fingerprint density at radius 2 is 1.65 bits per heavy atom. The summed E-state index contributed by atoms with van der Waals surface area (Å²) < 4.78 is 18.4. The van der Waals surface area contributed by atoms with Gasteiger partial charge in [-0.2, -0.15) is 0 Å². The lowest BCUT2D eigenvalue weighted by atomic mass is 10.1. The van der Waals surface area contributed by atoms with Crippen LogP contribution in [-0.4, -0.2) is 13.4 Å². The quantitative estimate of drug-likeness (QED) is 0.752. The van der Waals surface area contributed by atoms with Crippen LogP contribution in [0.15, 0.2) is 47.4 Å². The summed E-state index contributed by atoms with van der Waals surface area (Å²) in [6.07, 6.45) is 2.03. The largest absolute Gasteiger partial charge is 0.494 e. The average molecular weight is 248 g/mol. The molecular weight excluding hydrogens is 235 g/mol. The molecule has 0 radical (unpaired) electrons. The lowest BCUT2D eigenvalue weighted by Crippen LogP contribution is -1.88. The second-order valence-electron chi connectivity index (χ2n) is 3.58. The van der Waals surface area contributed by atoms with Crippen LogP contribution in [-0.2, 0) is 0 Å². The van der Waals surface area contributed by atoms with Crippen molar-refractivity contribution in [2.45, 2.75) is 4.90 Å². The Labute approximate surface area is 105 Å². The minimum atomic E-state index is -0.334. The smallest absolute Gasteiger partial charge is 0.165 e. The second-order valence-corrected chi connectivity index (χ2v) is 4.46. The molecule has 0 aliphatic rings. The number of hydrogen-bond acceptors (Lipinski definition) is 2. The summed E-state index contributed by atoms with van der Waals surface area (Å²) in [7, 11) is 1.46. The summed E-state index contributed by atoms with van der Waals surface area (Å²) in [6.45, 7) is 0. The van der Waals surface area contributed by atoms with Crippen LogP contribution >= 0.6 is 11.8 Å². The van der Waals surface area contributed by atoms with Gasteiger partial charge in [-0.1, -0.05) is 18.2 Å². The monoisotopic (exact) mass is 248 g/mol. The zero-order chi connectivity index (χ0) is 12.3. The molecule has 0 saturated heterocycles. The normalized spacial score (nSPS) is 10.3. The van der Waals surface area contributed by atoms with Gasteiger partial charge < -0.3 is 4.74 Å². The Morgan fingerprint density at radius 3 is 2.18 bits per heavy atom. The highest BCUT2D eigenvalue weighted by Crippen LogP contribution is 2.26. The molecule has 0 aliphatic heterocycles. The van der Waals surface area contributed by atoms with Gasteiger partial charge in [0.1, 0.15) is 0 Å². The third-order valence-electron chi connectivity index (χ3n) is 2.58. The van der Waals surface area contributed by atoms with Crippen molar-refractivity contribution in [1.29, 1.82) is 0 Å². The molecule has 1 nitrogen and oxygen atoms in total. The number of benzene rings is 2. The van der Waals surface area contributed by atoms with E-state index in [1.807, 2.05) is 36.6 Å². The SMILES string of the molecule is COc1ccc(-c2ccc(SC)cc2)cc1F. The van der Waals surface area contributed by atoms with E-state index in [1.165, 1.54) is 18.1 Å². The standard InChI is InChI=1S/C14H13FOS/c1-16-14-8-5-11(9-13(14)15)10-3-6-12(17-2)7-4-10/h3-9H,1-2H3. The Morgan fingerprint density at radius 1 is 1.00 bits per heavy atom. The molecule has 0 aliphatic carbocycles. The Hall–Kier alpha value is -1.48. The van der Waals surface area contributed by atoms with Gasteiger partial charge in [0.05, 0.1) is 7.11 Å². The van der Waals surface area contributed by atoms with E-state index in [4.69, 9.17) is 4.74 Å². The average Bonchev–Trinajstić information content (AvgIpc) is 2.39. The fourth-order valence-corrected chi connectivity index (χ4v) is 2.04. The van der Waals surface area contributed by atoms with Gasteiger partial charge in [0, 0.05) is 4.90 Å². The van der Waals surface area contributed by atoms with Crippen molar-refractivity contribution < 1.29 is 9.13 Å². The van der Waals surface area contributed by atoms with Crippen LogP contribution in [0.5, 0.6) is 5.75 Å². The van der Waals surface area contributed by atoms with Crippen LogP contribution < -0.4 is 4.74 Å². The van der Waals surface area contributed by atoms with E-state index in [2.05, 4.69) is 0 Å². The fourth-order valence-electron chi connectivity index (χ4n) is 1.63. The number of rotatable bonds is 3. The second kappa shape index (κ2) is 5.23. The topological polar surface area (TPSA) is 9.23 Å². The molecule has 17 heavy (non-hydrogen) atoms. The highest BCUT2D eigenvalue weighted by atomic mass is 32.2. The molecule has 2 rings (SSSR count). The summed E-state index contributed by atoms with van der Waals surface area (Å²) in [6, 6.07) is 13.0. The first-order valence-electron chi connectivity index (χ1n) is 5.22. The zero-order valence-electron chi connectivity index (χ0n) is 9.74. The molecule has 0 aromatic heterocycles. The molecule has 0 fully saturated rings. The van der Waals surface area contributed by atoms with Crippen LogP contribution in [0, 0.1) is 5.82 Å². The number of ether oxygens (including phenoxy) is 1. The summed E-state index contributed by atoms with van der Waals surface area (Å²) in [5.41, 5.74) is 1.86. The number of thioether (sulfide) groups is 1. The van der Waals surface area contributed by atoms with Crippen molar-refractivity contribution in [3.63, 3.8) is 0 Å². The van der Waals surface area contributed by atoms with Gasteiger partial charge >= 0.3 is 0 Å². The fraction of sp³-hybridized carbons (Fsp3) is 0.143. The minimum absolute atomic E-state index is 0.273. The lowest BCUT2D eigenvalue weighted by molar-refractivity contribution is 0.386. The molecule has 2 aromatic rings. The first-order valence-corrected chi connectivity index (χ1v) is 6.45. The molecule has 0 unspecified atom stereocenters. The van der Waals surface area contributed by atoms with Gasteiger partial charge in [0.15, 0.2) is 11.6 Å². The highest BCUT2D eigenvalue weighted by Gasteiger charge is 2.04. The van der Waals surface area contributed by atoms with Gasteiger partial charge in [-0.05, 0) is 41.6 Å². The molecule has 0 saturated carbocycles. The van der Waals surface area contributed by atoms with Crippen molar-refractivity contribution in [2.75, 3.05) is 13.4 Å². The summed E-state index contributed by atoms with van der Waals surface area (Å²) in [5, 5.41) is 0. The first kappa shape index (κ1) is 12.0. The molecular formula is C14H13FOS. The zero-order valence-corrected chi connectivity index (χ0v) is 10.6. The lowest BCUT2D eigenvalue weighted by Gasteiger charge is -2.06. The van der Waals surface area contributed by atoms with Crippen molar-refractivity contribution in [3.8, 4) is 16.9 Å². The van der Waals surface area contributed by atoms with E-state index in [1.54, 1.807) is 17.8 Å². The summed E-state index contributed by atoms with van der Waals surface area (Å²) in [4.78, 5) is 1.20. The van der Waals surface area contributed by atoms with Gasteiger partial charge in [-0.15, -0.1) is 11.8 Å². The third kappa shape index (κ3) is 2.61. The van der Waals surface area contributed by atoms with Crippen molar-refractivity contribution in [1.82, 2.24) is 0 Å². The Kier molecular flexibility index (Phi) is 3.69. The molecule has 0 atom stereocenters. The van der Waals surface area contributed by atoms with Crippen LogP contribution in [0.2, 0.25) is 0 Å². The number of methoxy groups -OCH3 is 1. The maximum atomic E-state index is 13.6. The van der Waals surface area contributed by atoms with E-state index < -0.39 is 0 Å². The summed E-state index contributed by atoms with van der Waals surface area (Å²) in [5.74, 6) is -0.0616. The molecule has 0 N–H and O–H groups in total. The predicted molar refractivity (Wildman–Crippen MR) is 70.2 cm³/mol. The van der Waals surface area contributed by atoms with Gasteiger partial charge in [0.2, 0.25) is 0 Å². The van der Waals surface area contributed by atoms with Crippen LogP contribution in [0.3, 0.4) is 0 Å². The van der Waals surface area contributed by atoms with Gasteiger partial charge in [0.25, 0.3) is 0 Å². The molecule has 0 bridgehead atoms. The van der Waals surface area contributed by atoms with E-state index in [0.29, 0.717) is 0 Å². The van der Waals surface area contributed by atoms with Crippen LogP contribution in [0.4, 0.5) is 4.39 Å². The molecule has 0 heterocycles. The Balaban J connectivity index is 2.35. The van der Waals surface area contributed by atoms with E-state index >= 15 is 0 Å². The Bertz CT molecular complexity index is 508. The van der Waals surface area contributed by atoms with Crippen molar-refractivity contribution >= 4 is 11.8 Å². The van der Waals surface area contributed by atoms with E-state index in [0.717, 1.165) is 11.1 Å². The van der Waals surface area contributed by atoms with Gasteiger partial charge in [-0.25, -0.2) is 4.39 Å². The maximum absolute atomic E-state index is 13.6. The summed E-state index contributed by atoms with van der Waals surface area (Å²) >= 11 is 1.69. The van der Waals surface area contributed by atoms with Crippen molar-refractivity contribution in [2.24, 2.45) is 0 Å². The minimum Gasteiger partial charge on any atom is -0.494 e. The van der Waals surface area contributed by atoms with Crippen LogP contribution in [0.25, 0.3) is 11.1 Å². The molecule has 3 heteroatoms. The molecule has 2 aromatic carbocycles. The molecule has 0 spiro atoms. The van der Waals surface area contributed by atoms with Crippen molar-refractivity contribution in [3.05, 3.63) is 48.3 Å². The maximum Gasteiger partial charge on any atom is 0.165 e. The highest BCUT2D eigenvalue weighted by molar-refractivity contribution is 7.98. The van der Waals surface area contributed by atoms with Gasteiger partial charge in [-0.3, -0.25) is 0 Å². The predicted octanol–water partition coefficient (Wildman–Crippen LogP) is 4.22. The third-order valence-corrected chi connectivity index (χ3v) is 3.32. The van der Waals surface area contributed by atoms with E-state index in [9.17, 15) is 4.39 Å². The first-order chi connectivity index (χ1) is 8.24. The molecule has 88 valence electrons. The number of hydrogen-bond donors (Lipinski definition) is 0.